The molecule has 0 aromatic heterocycles. The van der Waals surface area contributed by atoms with E-state index in [2.05, 4.69) is 16.4 Å². The third-order valence-corrected chi connectivity index (χ3v) is 3.40. The summed E-state index contributed by atoms with van der Waals surface area (Å²) in [6, 6.07) is 6.06. The van der Waals surface area contributed by atoms with E-state index in [9.17, 15) is 0 Å². The molecule has 1 heterocycles. The minimum absolute atomic E-state index is 0.644. The van der Waals surface area contributed by atoms with E-state index in [4.69, 9.17) is 9.47 Å². The number of hydrogen-bond donors (Lipinski definition) is 1. The Kier molecular flexibility index (Phi) is 5.71. The van der Waals surface area contributed by atoms with E-state index in [1.807, 2.05) is 19.1 Å². The van der Waals surface area contributed by atoms with E-state index in [0.29, 0.717) is 6.61 Å². The lowest BCUT2D eigenvalue weighted by atomic mass is 10.2. The van der Waals surface area contributed by atoms with Crippen LogP contribution in [0.5, 0.6) is 11.5 Å². The maximum atomic E-state index is 5.52. The molecule has 110 valence electrons. The van der Waals surface area contributed by atoms with E-state index >= 15 is 0 Å². The van der Waals surface area contributed by atoms with Gasteiger partial charge in [-0.05, 0) is 37.5 Å². The van der Waals surface area contributed by atoms with E-state index in [1.165, 1.54) is 24.8 Å². The minimum Gasteiger partial charge on any atom is -0.493 e. The number of nitrogens with zero attached hydrogens (tertiary/aromatic N) is 1. The van der Waals surface area contributed by atoms with Gasteiger partial charge in [0.2, 0.25) is 0 Å². The maximum Gasteiger partial charge on any atom is 0.161 e. The summed E-state index contributed by atoms with van der Waals surface area (Å²) >= 11 is 0. The van der Waals surface area contributed by atoms with Gasteiger partial charge in [0.1, 0.15) is 0 Å². The summed E-state index contributed by atoms with van der Waals surface area (Å²) in [7, 11) is 1.67. The van der Waals surface area contributed by atoms with E-state index in [-0.39, 0.29) is 0 Å². The summed E-state index contributed by atoms with van der Waals surface area (Å²) in [4.78, 5) is 4.58. The van der Waals surface area contributed by atoms with Gasteiger partial charge in [0.25, 0.3) is 0 Å². The fourth-order valence-corrected chi connectivity index (χ4v) is 2.32. The summed E-state index contributed by atoms with van der Waals surface area (Å²) in [5.41, 5.74) is 1.18. The van der Waals surface area contributed by atoms with Gasteiger partial charge in [0.15, 0.2) is 11.5 Å². The highest BCUT2D eigenvalue weighted by Gasteiger charge is 2.07. The molecule has 20 heavy (non-hydrogen) atoms. The smallest absolute Gasteiger partial charge is 0.161 e. The topological polar surface area (TPSA) is 42.8 Å². The van der Waals surface area contributed by atoms with Crippen LogP contribution >= 0.6 is 0 Å². The molecule has 1 N–H and O–H groups in total. The lowest BCUT2D eigenvalue weighted by Crippen LogP contribution is -2.22. The predicted molar refractivity (Wildman–Crippen MR) is 81.8 cm³/mol. The molecule has 0 atom stereocenters. The van der Waals surface area contributed by atoms with Crippen molar-refractivity contribution in [2.45, 2.75) is 39.2 Å². The zero-order valence-corrected chi connectivity index (χ0v) is 12.4. The van der Waals surface area contributed by atoms with Crippen LogP contribution in [0.4, 0.5) is 0 Å². The number of hydrogen-bond acceptors (Lipinski definition) is 4. The number of nitrogens with one attached hydrogen (secondary N) is 1. The molecule has 1 aliphatic heterocycles. The quantitative estimate of drug-likeness (QED) is 0.898. The molecule has 2 rings (SSSR count). The highest BCUT2D eigenvalue weighted by atomic mass is 16.5. The van der Waals surface area contributed by atoms with Crippen molar-refractivity contribution in [2.75, 3.05) is 20.3 Å². The Morgan fingerprint density at radius 2 is 2.10 bits per heavy atom. The molecule has 0 unspecified atom stereocenters. The predicted octanol–water partition coefficient (Wildman–Crippen LogP) is 3.16. The Bertz CT molecular complexity index is 458. The van der Waals surface area contributed by atoms with Gasteiger partial charge in [-0.15, -0.1) is 0 Å². The van der Waals surface area contributed by atoms with E-state index in [0.717, 1.165) is 36.8 Å². The highest BCUT2D eigenvalue weighted by Crippen LogP contribution is 2.28. The second-order valence-corrected chi connectivity index (χ2v) is 4.91. The number of rotatable bonds is 5. The van der Waals surface area contributed by atoms with Crippen LogP contribution in [0.3, 0.4) is 0 Å². The number of ether oxygens (including phenoxy) is 2. The zero-order chi connectivity index (χ0) is 14.2. The van der Waals surface area contributed by atoms with Gasteiger partial charge >= 0.3 is 0 Å². The molecular weight excluding hydrogens is 252 g/mol. The molecule has 4 nitrogen and oxygen atoms in total. The van der Waals surface area contributed by atoms with Gasteiger partial charge in [0, 0.05) is 19.5 Å². The summed E-state index contributed by atoms with van der Waals surface area (Å²) in [5.74, 6) is 2.72. The Morgan fingerprint density at radius 1 is 1.20 bits per heavy atom. The molecule has 1 aromatic rings. The van der Waals surface area contributed by atoms with Gasteiger partial charge in [-0.2, -0.15) is 0 Å². The fourth-order valence-electron chi connectivity index (χ4n) is 2.32. The average molecular weight is 276 g/mol. The van der Waals surface area contributed by atoms with Gasteiger partial charge in [-0.3, -0.25) is 4.99 Å². The SMILES string of the molecule is CCOc1ccc(CNC2=NCCCCC2)cc1OC. The highest BCUT2D eigenvalue weighted by molar-refractivity contribution is 5.82. The van der Waals surface area contributed by atoms with Crippen LogP contribution in [0, 0.1) is 0 Å². The van der Waals surface area contributed by atoms with Crippen LogP contribution in [0.15, 0.2) is 23.2 Å². The third kappa shape index (κ3) is 4.15. The molecule has 0 aliphatic carbocycles. The molecule has 0 fully saturated rings. The third-order valence-electron chi connectivity index (χ3n) is 3.40. The van der Waals surface area contributed by atoms with Crippen molar-refractivity contribution in [1.29, 1.82) is 0 Å². The van der Waals surface area contributed by atoms with Crippen LogP contribution in [0.25, 0.3) is 0 Å². The van der Waals surface area contributed by atoms with Crippen molar-refractivity contribution in [3.63, 3.8) is 0 Å². The second-order valence-electron chi connectivity index (χ2n) is 4.91. The monoisotopic (exact) mass is 276 g/mol. The van der Waals surface area contributed by atoms with Crippen LogP contribution in [-0.2, 0) is 6.54 Å². The van der Waals surface area contributed by atoms with Crippen LogP contribution in [0.2, 0.25) is 0 Å². The van der Waals surface area contributed by atoms with E-state index < -0.39 is 0 Å². The summed E-state index contributed by atoms with van der Waals surface area (Å²) in [6.07, 6.45) is 4.79. The lowest BCUT2D eigenvalue weighted by molar-refractivity contribution is 0.310. The average Bonchev–Trinajstić information content (AvgIpc) is 2.75. The van der Waals surface area contributed by atoms with Crippen LogP contribution in [-0.4, -0.2) is 26.1 Å². The molecule has 0 saturated heterocycles. The van der Waals surface area contributed by atoms with Gasteiger partial charge < -0.3 is 14.8 Å². The van der Waals surface area contributed by atoms with Crippen molar-refractivity contribution < 1.29 is 9.47 Å². The van der Waals surface area contributed by atoms with Gasteiger partial charge in [-0.25, -0.2) is 0 Å². The summed E-state index contributed by atoms with van der Waals surface area (Å²) < 4.78 is 10.9. The normalized spacial score (nSPS) is 15.2. The first-order valence-corrected chi connectivity index (χ1v) is 7.40. The van der Waals surface area contributed by atoms with Crippen LogP contribution in [0.1, 0.15) is 38.2 Å². The fraction of sp³-hybridized carbons (Fsp3) is 0.562. The number of aliphatic imine (C=N–C) groups is 1. The number of methoxy groups -OCH3 is 1. The van der Waals surface area contributed by atoms with Crippen molar-refractivity contribution in [2.24, 2.45) is 4.99 Å². The Morgan fingerprint density at radius 3 is 2.90 bits per heavy atom. The van der Waals surface area contributed by atoms with Gasteiger partial charge in [-0.1, -0.05) is 12.5 Å². The molecular formula is C16H24N2O2. The molecule has 0 radical (unpaired) electrons. The summed E-state index contributed by atoms with van der Waals surface area (Å²) in [6.45, 7) is 4.35. The molecule has 0 amide bonds. The molecule has 0 saturated carbocycles. The Balaban J connectivity index is 1.97. The molecule has 0 spiro atoms. The zero-order valence-electron chi connectivity index (χ0n) is 12.4. The first-order chi connectivity index (χ1) is 9.83. The molecule has 0 bridgehead atoms. The van der Waals surface area contributed by atoms with Crippen LogP contribution < -0.4 is 14.8 Å². The Labute approximate surface area is 121 Å². The number of amidine groups is 1. The molecule has 1 aliphatic rings. The second kappa shape index (κ2) is 7.78. The first-order valence-electron chi connectivity index (χ1n) is 7.40. The van der Waals surface area contributed by atoms with Crippen molar-refractivity contribution in [3.8, 4) is 11.5 Å². The lowest BCUT2D eigenvalue weighted by Gasteiger charge is -2.12. The van der Waals surface area contributed by atoms with Gasteiger partial charge in [0.05, 0.1) is 19.6 Å². The minimum atomic E-state index is 0.644. The molecule has 4 heteroatoms. The first kappa shape index (κ1) is 14.7. The van der Waals surface area contributed by atoms with E-state index in [1.54, 1.807) is 7.11 Å². The van der Waals surface area contributed by atoms with Crippen molar-refractivity contribution in [1.82, 2.24) is 5.32 Å². The number of benzene rings is 1. The van der Waals surface area contributed by atoms with Crippen molar-refractivity contribution in [3.05, 3.63) is 23.8 Å². The maximum absolute atomic E-state index is 5.52. The largest absolute Gasteiger partial charge is 0.493 e. The molecule has 1 aromatic carbocycles. The standard InChI is InChI=1S/C16H24N2O2/c1-3-20-14-9-8-13(11-15(14)19-2)12-18-16-7-5-4-6-10-17-16/h8-9,11H,3-7,10,12H2,1-2H3,(H,17,18). The Hall–Kier alpha value is -1.71. The van der Waals surface area contributed by atoms with Crippen molar-refractivity contribution >= 4 is 5.84 Å². The summed E-state index contributed by atoms with van der Waals surface area (Å²) in [5, 5.41) is 3.43.